The van der Waals surface area contributed by atoms with E-state index in [1.54, 1.807) is 6.07 Å². The molecule has 6 nitrogen and oxygen atoms in total. The Labute approximate surface area is 102 Å². The number of halogens is 1. The van der Waals surface area contributed by atoms with Crippen LogP contribution in [0.25, 0.3) is 0 Å². The van der Waals surface area contributed by atoms with E-state index in [4.69, 9.17) is 5.26 Å². The van der Waals surface area contributed by atoms with E-state index in [0.717, 1.165) is 18.2 Å². The van der Waals surface area contributed by atoms with Crippen LogP contribution in [0.5, 0.6) is 0 Å². The Balaban J connectivity index is 3.12. The number of hydrogen-bond donors (Lipinski definition) is 1. The van der Waals surface area contributed by atoms with Crippen LogP contribution < -0.4 is 5.32 Å². The molecular weight excluding hydrogens is 241 g/mol. The van der Waals surface area contributed by atoms with E-state index in [9.17, 15) is 19.3 Å². The largest absolute Gasteiger partial charge is 0.319 e. The predicted molar refractivity (Wildman–Crippen MR) is 61.1 cm³/mol. The number of benzene rings is 1. The summed E-state index contributed by atoms with van der Waals surface area (Å²) >= 11 is 0. The Morgan fingerprint density at radius 1 is 1.56 bits per heavy atom. The average Bonchev–Trinajstić information content (AvgIpc) is 2.28. The number of nitrogens with zero attached hydrogens (tertiary/aromatic N) is 2. The van der Waals surface area contributed by atoms with Gasteiger partial charge in [-0.3, -0.25) is 14.9 Å². The van der Waals surface area contributed by atoms with Gasteiger partial charge in [0.25, 0.3) is 5.69 Å². The second-order valence-corrected chi connectivity index (χ2v) is 4.11. The number of nitro benzene ring substituents is 1. The molecule has 0 spiro atoms. The maximum Gasteiger partial charge on any atom is 0.292 e. The van der Waals surface area contributed by atoms with Gasteiger partial charge >= 0.3 is 0 Å². The summed E-state index contributed by atoms with van der Waals surface area (Å²) in [6.07, 6.45) is 0. The van der Waals surface area contributed by atoms with Gasteiger partial charge in [0.2, 0.25) is 5.91 Å². The van der Waals surface area contributed by atoms with Crippen molar-refractivity contribution in [3.05, 3.63) is 34.1 Å². The molecule has 1 aromatic rings. The number of hydrogen-bond acceptors (Lipinski definition) is 4. The summed E-state index contributed by atoms with van der Waals surface area (Å²) in [5.74, 6) is -1.45. The molecule has 1 N–H and O–H groups in total. The summed E-state index contributed by atoms with van der Waals surface area (Å²) in [7, 11) is 0. The Morgan fingerprint density at radius 2 is 2.17 bits per heavy atom. The van der Waals surface area contributed by atoms with Crippen LogP contribution in [-0.4, -0.2) is 10.8 Å². The van der Waals surface area contributed by atoms with Crippen molar-refractivity contribution in [2.24, 2.45) is 5.41 Å². The molecule has 1 aromatic carbocycles. The lowest BCUT2D eigenvalue weighted by molar-refractivity contribution is -0.384. The Bertz CT molecular complexity index is 549. The van der Waals surface area contributed by atoms with Crippen molar-refractivity contribution in [2.75, 3.05) is 5.32 Å². The molecule has 0 heterocycles. The van der Waals surface area contributed by atoms with Gasteiger partial charge in [0.05, 0.1) is 11.0 Å². The molecule has 0 saturated carbocycles. The minimum absolute atomic E-state index is 0.270. The molecule has 1 rings (SSSR count). The van der Waals surface area contributed by atoms with E-state index < -0.39 is 27.8 Å². The molecule has 0 unspecified atom stereocenters. The highest BCUT2D eigenvalue weighted by molar-refractivity contribution is 5.98. The second kappa shape index (κ2) is 4.79. The molecule has 0 saturated heterocycles. The molecule has 0 aromatic heterocycles. The van der Waals surface area contributed by atoms with Crippen molar-refractivity contribution < 1.29 is 14.1 Å². The summed E-state index contributed by atoms with van der Waals surface area (Å²) in [6.45, 7) is 2.71. The Morgan fingerprint density at radius 3 is 2.67 bits per heavy atom. The first-order chi connectivity index (χ1) is 8.27. The lowest BCUT2D eigenvalue weighted by Gasteiger charge is -2.14. The number of nitriles is 1. The SMILES string of the molecule is CC(C)(C#N)C(=O)Nc1cc(F)ccc1[N+](=O)[O-]. The Hall–Kier alpha value is -2.49. The third-order valence-corrected chi connectivity index (χ3v) is 2.25. The van der Waals surface area contributed by atoms with Gasteiger partial charge in [-0.2, -0.15) is 5.26 Å². The van der Waals surface area contributed by atoms with Crippen LogP contribution in [0.15, 0.2) is 18.2 Å². The highest BCUT2D eigenvalue weighted by Crippen LogP contribution is 2.27. The Kier molecular flexibility index (Phi) is 3.61. The standard InChI is InChI=1S/C11H10FN3O3/c1-11(2,6-13)10(16)14-8-5-7(12)3-4-9(8)15(17)18/h3-5H,1-2H3,(H,14,16). The molecule has 0 radical (unpaired) electrons. The van der Waals surface area contributed by atoms with Crippen LogP contribution >= 0.6 is 0 Å². The summed E-state index contributed by atoms with van der Waals surface area (Å²) < 4.78 is 13.0. The first-order valence-electron chi connectivity index (χ1n) is 4.94. The lowest BCUT2D eigenvalue weighted by atomic mass is 9.94. The smallest absolute Gasteiger partial charge is 0.292 e. The van der Waals surface area contributed by atoms with Crippen LogP contribution in [0.1, 0.15) is 13.8 Å². The third kappa shape index (κ3) is 2.79. The molecule has 0 atom stereocenters. The summed E-state index contributed by atoms with van der Waals surface area (Å²) in [5.41, 5.74) is -2.06. The zero-order valence-corrected chi connectivity index (χ0v) is 9.73. The zero-order chi connectivity index (χ0) is 13.9. The minimum atomic E-state index is -1.36. The van der Waals surface area contributed by atoms with Gasteiger partial charge in [0, 0.05) is 12.1 Å². The fourth-order valence-corrected chi connectivity index (χ4v) is 1.10. The monoisotopic (exact) mass is 251 g/mol. The normalized spacial score (nSPS) is 10.6. The first kappa shape index (κ1) is 13.6. The van der Waals surface area contributed by atoms with E-state index in [-0.39, 0.29) is 5.69 Å². The van der Waals surface area contributed by atoms with E-state index in [2.05, 4.69) is 5.32 Å². The van der Waals surface area contributed by atoms with E-state index >= 15 is 0 Å². The highest BCUT2D eigenvalue weighted by Gasteiger charge is 2.29. The van der Waals surface area contributed by atoms with Crippen LogP contribution in [0.2, 0.25) is 0 Å². The summed E-state index contributed by atoms with van der Waals surface area (Å²) in [4.78, 5) is 21.6. The van der Waals surface area contributed by atoms with Gasteiger partial charge in [-0.25, -0.2) is 4.39 Å². The number of nitrogens with one attached hydrogen (secondary N) is 1. The van der Waals surface area contributed by atoms with Gasteiger partial charge < -0.3 is 5.32 Å². The van der Waals surface area contributed by atoms with Gasteiger partial charge in [-0.05, 0) is 19.9 Å². The van der Waals surface area contributed by atoms with E-state index in [1.165, 1.54) is 13.8 Å². The fraction of sp³-hybridized carbons (Fsp3) is 0.273. The third-order valence-electron chi connectivity index (χ3n) is 2.25. The number of anilines is 1. The van der Waals surface area contributed by atoms with Crippen molar-refractivity contribution in [3.8, 4) is 6.07 Å². The highest BCUT2D eigenvalue weighted by atomic mass is 19.1. The zero-order valence-electron chi connectivity index (χ0n) is 9.73. The summed E-state index contributed by atoms with van der Waals surface area (Å²) in [5, 5.41) is 21.6. The molecule has 0 aliphatic rings. The van der Waals surface area contributed by atoms with Crippen LogP contribution in [0, 0.1) is 32.7 Å². The molecule has 0 aliphatic carbocycles. The number of nitro groups is 1. The molecule has 94 valence electrons. The molecule has 18 heavy (non-hydrogen) atoms. The second-order valence-electron chi connectivity index (χ2n) is 4.11. The van der Waals surface area contributed by atoms with Crippen LogP contribution in [-0.2, 0) is 4.79 Å². The predicted octanol–water partition coefficient (Wildman–Crippen LogP) is 2.22. The molecule has 0 aliphatic heterocycles. The van der Waals surface area contributed by atoms with E-state index in [0.29, 0.717) is 0 Å². The fourth-order valence-electron chi connectivity index (χ4n) is 1.10. The number of amides is 1. The van der Waals surface area contributed by atoms with Crippen molar-refractivity contribution in [1.82, 2.24) is 0 Å². The molecular formula is C11H10FN3O3. The number of rotatable bonds is 3. The lowest BCUT2D eigenvalue weighted by Crippen LogP contribution is -2.29. The van der Waals surface area contributed by atoms with Crippen LogP contribution in [0.3, 0.4) is 0 Å². The van der Waals surface area contributed by atoms with Crippen molar-refractivity contribution in [2.45, 2.75) is 13.8 Å². The molecule has 0 fully saturated rings. The summed E-state index contributed by atoms with van der Waals surface area (Å²) in [6, 6.07) is 4.45. The maximum atomic E-state index is 13.0. The molecule has 1 amide bonds. The van der Waals surface area contributed by atoms with Gasteiger partial charge in [0.1, 0.15) is 16.9 Å². The van der Waals surface area contributed by atoms with Gasteiger partial charge in [-0.1, -0.05) is 0 Å². The van der Waals surface area contributed by atoms with Gasteiger partial charge in [0.15, 0.2) is 0 Å². The van der Waals surface area contributed by atoms with Crippen LogP contribution in [0.4, 0.5) is 15.8 Å². The van der Waals surface area contributed by atoms with Crippen molar-refractivity contribution >= 4 is 17.3 Å². The van der Waals surface area contributed by atoms with Crippen molar-refractivity contribution in [3.63, 3.8) is 0 Å². The topological polar surface area (TPSA) is 96.0 Å². The first-order valence-corrected chi connectivity index (χ1v) is 4.94. The van der Waals surface area contributed by atoms with Crippen molar-refractivity contribution in [1.29, 1.82) is 5.26 Å². The molecule has 7 heteroatoms. The maximum absolute atomic E-state index is 13.0. The quantitative estimate of drug-likeness (QED) is 0.658. The number of carbonyl (C=O) groups excluding carboxylic acids is 1. The van der Waals surface area contributed by atoms with E-state index in [1.807, 2.05) is 0 Å². The molecule has 0 bridgehead atoms. The minimum Gasteiger partial charge on any atom is -0.319 e. The number of carbonyl (C=O) groups is 1. The van der Waals surface area contributed by atoms with Gasteiger partial charge in [-0.15, -0.1) is 0 Å². The average molecular weight is 251 g/mol.